The number of carbonyl (C=O) groups excluding carboxylic acids is 1. The number of piperidine rings is 1. The smallest absolute Gasteiger partial charge is 0.310 e. The lowest BCUT2D eigenvalue weighted by molar-refractivity contribution is -0.149. The maximum atomic E-state index is 11.9. The van der Waals surface area contributed by atoms with Gasteiger partial charge in [0.15, 0.2) is 5.96 Å². The van der Waals surface area contributed by atoms with Gasteiger partial charge < -0.3 is 15.0 Å². The van der Waals surface area contributed by atoms with E-state index in [4.69, 9.17) is 4.74 Å². The first-order valence-corrected chi connectivity index (χ1v) is 8.99. The van der Waals surface area contributed by atoms with Gasteiger partial charge in [0.05, 0.1) is 17.5 Å². The average Bonchev–Trinajstić information content (AvgIpc) is 2.97. The third kappa shape index (κ3) is 6.19. The summed E-state index contributed by atoms with van der Waals surface area (Å²) in [5.41, 5.74) is 0. The van der Waals surface area contributed by atoms with Gasteiger partial charge in [-0.15, -0.1) is 35.3 Å². The Hall–Kier alpha value is -0.900. The Morgan fingerprint density at radius 3 is 3.00 bits per heavy atom. The van der Waals surface area contributed by atoms with Crippen LogP contribution in [0.4, 0.5) is 0 Å². The van der Waals surface area contributed by atoms with Gasteiger partial charge in [0, 0.05) is 44.2 Å². The van der Waals surface area contributed by atoms with Crippen molar-refractivity contribution in [2.45, 2.75) is 33.1 Å². The summed E-state index contributed by atoms with van der Waals surface area (Å²) in [4.78, 5) is 24.0. The summed E-state index contributed by atoms with van der Waals surface area (Å²) in [6.07, 6.45) is 4.66. The zero-order valence-electron chi connectivity index (χ0n) is 14.6. The predicted octanol–water partition coefficient (Wildman–Crippen LogP) is 2.46. The molecule has 1 unspecified atom stereocenters. The van der Waals surface area contributed by atoms with Crippen LogP contribution in [0.2, 0.25) is 0 Å². The number of carbonyl (C=O) groups is 1. The van der Waals surface area contributed by atoms with Gasteiger partial charge in [-0.25, -0.2) is 4.98 Å². The van der Waals surface area contributed by atoms with Gasteiger partial charge >= 0.3 is 5.97 Å². The van der Waals surface area contributed by atoms with Gasteiger partial charge in [0.2, 0.25) is 0 Å². The van der Waals surface area contributed by atoms with Crippen LogP contribution in [0.1, 0.15) is 29.7 Å². The molecule has 0 spiro atoms. The van der Waals surface area contributed by atoms with Crippen molar-refractivity contribution in [3.63, 3.8) is 0 Å². The van der Waals surface area contributed by atoms with E-state index in [1.807, 2.05) is 13.1 Å². The van der Waals surface area contributed by atoms with E-state index in [9.17, 15) is 4.79 Å². The minimum absolute atomic E-state index is 0. The largest absolute Gasteiger partial charge is 0.466 e. The fraction of sp³-hybridized carbons (Fsp3) is 0.688. The van der Waals surface area contributed by atoms with Crippen molar-refractivity contribution >= 4 is 47.2 Å². The number of aliphatic imine (C=N–C) groups is 1. The number of likely N-dealkylation sites (tertiary alicyclic amines) is 1. The number of aryl methyl sites for hydroxylation is 1. The van der Waals surface area contributed by atoms with Crippen LogP contribution in [0.5, 0.6) is 0 Å². The second kappa shape index (κ2) is 10.9. The molecule has 0 amide bonds. The van der Waals surface area contributed by atoms with Gasteiger partial charge in [0.25, 0.3) is 0 Å². The van der Waals surface area contributed by atoms with E-state index in [1.165, 1.54) is 4.88 Å². The Morgan fingerprint density at radius 1 is 1.58 bits per heavy atom. The highest BCUT2D eigenvalue weighted by molar-refractivity contribution is 14.0. The number of esters is 1. The van der Waals surface area contributed by atoms with Crippen LogP contribution in [0, 0.1) is 12.8 Å². The summed E-state index contributed by atoms with van der Waals surface area (Å²) in [5, 5.41) is 4.51. The van der Waals surface area contributed by atoms with Crippen LogP contribution < -0.4 is 5.32 Å². The van der Waals surface area contributed by atoms with Crippen molar-refractivity contribution in [3.05, 3.63) is 16.1 Å². The van der Waals surface area contributed by atoms with Crippen molar-refractivity contribution < 1.29 is 9.53 Å². The molecule has 1 saturated heterocycles. The van der Waals surface area contributed by atoms with E-state index in [1.54, 1.807) is 18.4 Å². The molecule has 0 saturated carbocycles. The molecule has 0 aromatic carbocycles. The minimum Gasteiger partial charge on any atom is -0.466 e. The highest BCUT2D eigenvalue weighted by Gasteiger charge is 2.28. The molecule has 1 atom stereocenters. The quantitative estimate of drug-likeness (QED) is 0.313. The van der Waals surface area contributed by atoms with Gasteiger partial charge in [-0.05, 0) is 26.7 Å². The third-order valence-electron chi connectivity index (χ3n) is 3.84. The van der Waals surface area contributed by atoms with Crippen molar-refractivity contribution in [2.24, 2.45) is 10.9 Å². The molecule has 0 radical (unpaired) electrons. The van der Waals surface area contributed by atoms with E-state index in [2.05, 4.69) is 27.1 Å². The minimum atomic E-state index is -0.0917. The van der Waals surface area contributed by atoms with Gasteiger partial charge in [-0.1, -0.05) is 0 Å². The first-order chi connectivity index (χ1) is 11.1. The van der Waals surface area contributed by atoms with Crippen molar-refractivity contribution in [1.82, 2.24) is 15.2 Å². The molecule has 2 heterocycles. The number of nitrogens with zero attached hydrogens (tertiary/aromatic N) is 3. The molecule has 6 nitrogen and oxygen atoms in total. The Labute approximate surface area is 165 Å². The molecule has 24 heavy (non-hydrogen) atoms. The number of guanidine groups is 1. The highest BCUT2D eigenvalue weighted by Crippen LogP contribution is 2.18. The van der Waals surface area contributed by atoms with Crippen LogP contribution >= 0.6 is 35.3 Å². The number of hydrogen-bond donors (Lipinski definition) is 1. The lowest BCUT2D eigenvalue weighted by atomic mass is 9.98. The second-order valence-electron chi connectivity index (χ2n) is 5.63. The predicted molar refractivity (Wildman–Crippen MR) is 108 cm³/mol. The molecule has 0 aliphatic carbocycles. The van der Waals surface area contributed by atoms with Gasteiger partial charge in [-0.2, -0.15) is 0 Å². The van der Waals surface area contributed by atoms with E-state index in [0.29, 0.717) is 13.2 Å². The summed E-state index contributed by atoms with van der Waals surface area (Å²) in [5.74, 6) is 0.710. The molecule has 136 valence electrons. The average molecular weight is 466 g/mol. The monoisotopic (exact) mass is 466 g/mol. The fourth-order valence-corrected chi connectivity index (χ4v) is 3.54. The normalized spacial score (nSPS) is 18.0. The molecule has 2 rings (SSSR count). The maximum absolute atomic E-state index is 11.9. The zero-order chi connectivity index (χ0) is 16.7. The molecule has 1 fully saturated rings. The Morgan fingerprint density at radius 2 is 2.38 bits per heavy atom. The van der Waals surface area contributed by atoms with Crippen LogP contribution in [-0.4, -0.2) is 55.1 Å². The van der Waals surface area contributed by atoms with Crippen LogP contribution in [-0.2, 0) is 16.0 Å². The Balaban J connectivity index is 0.00000288. The summed E-state index contributed by atoms with van der Waals surface area (Å²) in [7, 11) is 1.78. The number of thiazole rings is 1. The number of nitrogens with one attached hydrogen (secondary N) is 1. The lowest BCUT2D eigenvalue weighted by Crippen LogP contribution is -2.48. The number of halogens is 1. The number of hydrogen-bond acceptors (Lipinski definition) is 5. The van der Waals surface area contributed by atoms with E-state index < -0.39 is 0 Å². The summed E-state index contributed by atoms with van der Waals surface area (Å²) >= 11 is 1.73. The topological polar surface area (TPSA) is 66.8 Å². The van der Waals surface area contributed by atoms with E-state index >= 15 is 0 Å². The van der Waals surface area contributed by atoms with Crippen LogP contribution in [0.3, 0.4) is 0 Å². The molecule has 0 bridgehead atoms. The number of rotatable bonds is 5. The summed E-state index contributed by atoms with van der Waals surface area (Å²) < 4.78 is 5.15. The molecule has 1 aliphatic heterocycles. The highest BCUT2D eigenvalue weighted by atomic mass is 127. The zero-order valence-corrected chi connectivity index (χ0v) is 17.7. The summed E-state index contributed by atoms with van der Waals surface area (Å²) in [6.45, 7) is 6.74. The lowest BCUT2D eigenvalue weighted by Gasteiger charge is -2.33. The molecule has 1 N–H and O–H groups in total. The van der Waals surface area contributed by atoms with E-state index in [0.717, 1.165) is 43.3 Å². The Bertz CT molecular complexity index is 550. The first kappa shape index (κ1) is 21.1. The van der Waals surface area contributed by atoms with E-state index in [-0.39, 0.29) is 35.9 Å². The molecule has 1 aromatic rings. The van der Waals surface area contributed by atoms with Crippen molar-refractivity contribution in [1.29, 1.82) is 0 Å². The molecule has 1 aliphatic rings. The van der Waals surface area contributed by atoms with Gasteiger partial charge in [0.1, 0.15) is 0 Å². The number of aromatic nitrogens is 1. The standard InChI is InChI=1S/C16H26N4O2S.HI/c1-4-22-15(21)13-6-5-9-20(11-13)16(17-3)18-8-7-14-19-10-12(2)23-14;/h10,13H,4-9,11H2,1-3H3,(H,17,18);1H. The maximum Gasteiger partial charge on any atom is 0.310 e. The van der Waals surface area contributed by atoms with Crippen LogP contribution in [0.25, 0.3) is 0 Å². The second-order valence-corrected chi connectivity index (χ2v) is 6.95. The first-order valence-electron chi connectivity index (χ1n) is 8.17. The molecule has 8 heteroatoms. The third-order valence-corrected chi connectivity index (χ3v) is 4.82. The van der Waals surface area contributed by atoms with Crippen LogP contribution in [0.15, 0.2) is 11.2 Å². The van der Waals surface area contributed by atoms with Gasteiger partial charge in [-0.3, -0.25) is 9.79 Å². The Kier molecular flexibility index (Phi) is 9.57. The molecular weight excluding hydrogens is 439 g/mol. The SMILES string of the molecule is CCOC(=O)C1CCCN(C(=NC)NCCc2ncc(C)s2)C1.I. The van der Waals surface area contributed by atoms with Crippen molar-refractivity contribution in [3.8, 4) is 0 Å². The molecule has 1 aromatic heterocycles. The number of ether oxygens (including phenoxy) is 1. The van der Waals surface area contributed by atoms with Crippen molar-refractivity contribution in [2.75, 3.05) is 33.3 Å². The fourth-order valence-electron chi connectivity index (χ4n) is 2.75. The molecular formula is C16H27IN4O2S. The summed E-state index contributed by atoms with van der Waals surface area (Å²) in [6, 6.07) is 0.